The third kappa shape index (κ3) is 5.81. The van der Waals surface area contributed by atoms with Crippen LogP contribution in [0.5, 0.6) is 0 Å². The standard InChI is InChI=1S/C25H27Cl3N4O4S/c1-14(2)30-13-23-31(37(36)22-9-8-18(27)11-19(22)28)12-20(29-15(3)33)24(34)32(23)21(25(30)35)10-16-4-6-17(26)7-5-16/h4-9,11,14,20-21,23H,10,12-13H2,1-3H3,(H,29,33). The van der Waals surface area contributed by atoms with Crippen LogP contribution in [-0.2, 0) is 31.8 Å². The second-order valence-electron chi connectivity index (χ2n) is 9.33. The molecule has 1 N–H and O–H groups in total. The van der Waals surface area contributed by atoms with Crippen molar-refractivity contribution in [3.8, 4) is 0 Å². The molecule has 0 radical (unpaired) electrons. The van der Waals surface area contributed by atoms with Gasteiger partial charge in [-0.25, -0.2) is 4.21 Å². The highest BCUT2D eigenvalue weighted by Gasteiger charge is 2.52. The molecule has 2 aromatic carbocycles. The Morgan fingerprint density at radius 3 is 2.27 bits per heavy atom. The molecule has 2 aliphatic heterocycles. The fourth-order valence-corrected chi connectivity index (χ4v) is 6.80. The van der Waals surface area contributed by atoms with Gasteiger partial charge in [0, 0.05) is 36.0 Å². The lowest BCUT2D eigenvalue weighted by Crippen LogP contribution is -2.76. The molecule has 2 saturated heterocycles. The summed E-state index contributed by atoms with van der Waals surface area (Å²) in [6.07, 6.45) is -0.473. The highest BCUT2D eigenvalue weighted by atomic mass is 35.5. The number of hydrogen-bond donors (Lipinski definition) is 1. The molecule has 4 atom stereocenters. The minimum atomic E-state index is -1.82. The first-order chi connectivity index (χ1) is 17.5. The van der Waals surface area contributed by atoms with Crippen molar-refractivity contribution in [2.75, 3.05) is 13.1 Å². The number of fused-ring (bicyclic) bond motifs is 1. The molecule has 4 unspecified atom stereocenters. The Morgan fingerprint density at radius 1 is 1.03 bits per heavy atom. The van der Waals surface area contributed by atoms with Crippen LogP contribution >= 0.6 is 34.8 Å². The fourth-order valence-electron chi connectivity index (χ4n) is 4.73. The van der Waals surface area contributed by atoms with Gasteiger partial charge in [-0.05, 0) is 49.7 Å². The summed E-state index contributed by atoms with van der Waals surface area (Å²) in [6, 6.07) is 9.73. The molecule has 2 fully saturated rings. The normalized spacial score (nSPS) is 23.3. The average molecular weight is 586 g/mol. The highest BCUT2D eigenvalue weighted by Crippen LogP contribution is 2.33. The molecule has 198 valence electrons. The molecule has 2 aliphatic rings. The molecule has 0 bridgehead atoms. The molecule has 0 saturated carbocycles. The van der Waals surface area contributed by atoms with Gasteiger partial charge in [-0.1, -0.05) is 46.9 Å². The minimum absolute atomic E-state index is 0.0149. The monoisotopic (exact) mass is 584 g/mol. The lowest BCUT2D eigenvalue weighted by Gasteiger charge is -2.54. The largest absolute Gasteiger partial charge is 0.343 e. The molecule has 8 nitrogen and oxygen atoms in total. The number of carbonyl (C=O) groups excluding carboxylic acids is 3. The van der Waals surface area contributed by atoms with Crippen LogP contribution in [0.25, 0.3) is 0 Å². The van der Waals surface area contributed by atoms with Gasteiger partial charge in [-0.2, -0.15) is 4.31 Å². The minimum Gasteiger partial charge on any atom is -0.343 e. The van der Waals surface area contributed by atoms with E-state index in [0.29, 0.717) is 14.9 Å². The summed E-state index contributed by atoms with van der Waals surface area (Å²) in [5.41, 5.74) is 0.815. The quantitative estimate of drug-likeness (QED) is 0.562. The SMILES string of the molecule is CC(=O)NC1CN(S(=O)c2ccc(Cl)cc2Cl)C2CN(C(C)C)C(=O)C(Cc3ccc(Cl)cc3)N2C1=O. The van der Waals surface area contributed by atoms with Crippen LogP contribution in [-0.4, -0.2) is 73.4 Å². The molecule has 12 heteroatoms. The zero-order valence-electron chi connectivity index (χ0n) is 20.5. The number of nitrogens with zero attached hydrogens (tertiary/aromatic N) is 3. The number of halogens is 3. The Hall–Kier alpha value is -2.17. The summed E-state index contributed by atoms with van der Waals surface area (Å²) in [4.78, 5) is 42.9. The summed E-state index contributed by atoms with van der Waals surface area (Å²) in [6.45, 7) is 5.25. The highest BCUT2D eigenvalue weighted by molar-refractivity contribution is 7.82. The van der Waals surface area contributed by atoms with E-state index >= 15 is 0 Å². The van der Waals surface area contributed by atoms with E-state index in [4.69, 9.17) is 34.8 Å². The fraction of sp³-hybridized carbons (Fsp3) is 0.400. The van der Waals surface area contributed by atoms with Gasteiger partial charge < -0.3 is 15.1 Å². The number of hydrogen-bond acceptors (Lipinski definition) is 4. The predicted molar refractivity (Wildman–Crippen MR) is 144 cm³/mol. The summed E-state index contributed by atoms with van der Waals surface area (Å²) in [5, 5.41) is 3.84. The van der Waals surface area contributed by atoms with Crippen molar-refractivity contribution in [3.05, 3.63) is 63.1 Å². The molecule has 0 spiro atoms. The maximum atomic E-state index is 13.9. The molecule has 2 aromatic rings. The van der Waals surface area contributed by atoms with E-state index in [2.05, 4.69) is 5.32 Å². The summed E-state index contributed by atoms with van der Waals surface area (Å²) >= 11 is 18.5. The van der Waals surface area contributed by atoms with Crippen LogP contribution in [0.3, 0.4) is 0 Å². The number of rotatable bonds is 6. The lowest BCUT2D eigenvalue weighted by atomic mass is 9.96. The number of piperazine rings is 1. The topological polar surface area (TPSA) is 90.0 Å². The maximum absolute atomic E-state index is 13.9. The first kappa shape index (κ1) is 27.9. The molecule has 3 amide bonds. The van der Waals surface area contributed by atoms with E-state index < -0.39 is 41.0 Å². The van der Waals surface area contributed by atoms with Crippen LogP contribution in [0.15, 0.2) is 47.4 Å². The third-order valence-corrected chi connectivity index (χ3v) is 8.93. The molecule has 2 heterocycles. The van der Waals surface area contributed by atoms with Gasteiger partial charge in [0.1, 0.15) is 29.2 Å². The maximum Gasteiger partial charge on any atom is 0.248 e. The van der Waals surface area contributed by atoms with Crippen LogP contribution < -0.4 is 5.32 Å². The van der Waals surface area contributed by atoms with Crippen molar-refractivity contribution < 1.29 is 18.6 Å². The van der Waals surface area contributed by atoms with Crippen molar-refractivity contribution in [1.82, 2.24) is 19.4 Å². The number of nitrogens with one attached hydrogen (secondary N) is 1. The van der Waals surface area contributed by atoms with Crippen LogP contribution in [0, 0.1) is 0 Å². The van der Waals surface area contributed by atoms with Crippen LogP contribution in [0.2, 0.25) is 15.1 Å². The van der Waals surface area contributed by atoms with Gasteiger partial charge >= 0.3 is 0 Å². The van der Waals surface area contributed by atoms with Gasteiger partial charge in [-0.3, -0.25) is 14.4 Å². The first-order valence-corrected chi connectivity index (χ1v) is 14.0. The van der Waals surface area contributed by atoms with E-state index in [0.717, 1.165) is 5.56 Å². The molecular weight excluding hydrogens is 559 g/mol. The number of amides is 3. The second-order valence-corrected chi connectivity index (χ2v) is 12.0. The first-order valence-electron chi connectivity index (χ1n) is 11.8. The van der Waals surface area contributed by atoms with Crippen molar-refractivity contribution in [3.63, 3.8) is 0 Å². The Morgan fingerprint density at radius 2 is 1.68 bits per heavy atom. The van der Waals surface area contributed by atoms with Gasteiger partial charge in [0.2, 0.25) is 17.7 Å². The second kappa shape index (κ2) is 11.3. The Labute approximate surface area is 233 Å². The molecule has 0 aromatic heterocycles. The zero-order chi connectivity index (χ0) is 27.0. The molecule has 0 aliphatic carbocycles. The Kier molecular flexibility index (Phi) is 8.50. The summed E-state index contributed by atoms with van der Waals surface area (Å²) in [5.74, 6) is -1.02. The van der Waals surface area contributed by atoms with Gasteiger partial charge in [0.15, 0.2) is 0 Å². The zero-order valence-corrected chi connectivity index (χ0v) is 23.6. The molecular formula is C25H27Cl3N4O4S. The van der Waals surface area contributed by atoms with Crippen molar-refractivity contribution in [2.45, 2.75) is 56.4 Å². The summed E-state index contributed by atoms with van der Waals surface area (Å²) in [7, 11) is -1.82. The van der Waals surface area contributed by atoms with Crippen LogP contribution in [0.1, 0.15) is 26.3 Å². The molecule has 37 heavy (non-hydrogen) atoms. The van der Waals surface area contributed by atoms with E-state index in [9.17, 15) is 18.6 Å². The number of carbonyl (C=O) groups is 3. The van der Waals surface area contributed by atoms with Gasteiger partial charge in [-0.15, -0.1) is 0 Å². The van der Waals surface area contributed by atoms with Gasteiger partial charge in [0.05, 0.1) is 16.5 Å². The number of benzene rings is 2. The Bertz CT molecular complexity index is 1240. The van der Waals surface area contributed by atoms with E-state index in [1.165, 1.54) is 17.9 Å². The Balaban J connectivity index is 1.79. The van der Waals surface area contributed by atoms with E-state index in [1.807, 2.05) is 26.0 Å². The van der Waals surface area contributed by atoms with E-state index in [1.54, 1.807) is 33.5 Å². The lowest BCUT2D eigenvalue weighted by molar-refractivity contribution is -0.168. The predicted octanol–water partition coefficient (Wildman–Crippen LogP) is 3.51. The van der Waals surface area contributed by atoms with Crippen LogP contribution in [0.4, 0.5) is 0 Å². The van der Waals surface area contributed by atoms with Gasteiger partial charge in [0.25, 0.3) is 0 Å². The van der Waals surface area contributed by atoms with Crippen molar-refractivity contribution in [1.29, 1.82) is 0 Å². The summed E-state index contributed by atoms with van der Waals surface area (Å²) < 4.78 is 15.5. The van der Waals surface area contributed by atoms with Crippen molar-refractivity contribution >= 4 is 63.5 Å². The molecule has 4 rings (SSSR count). The van der Waals surface area contributed by atoms with Crippen molar-refractivity contribution in [2.24, 2.45) is 0 Å². The van der Waals surface area contributed by atoms with E-state index in [-0.39, 0.29) is 36.5 Å². The average Bonchev–Trinajstić information content (AvgIpc) is 2.82. The smallest absolute Gasteiger partial charge is 0.248 e. The third-order valence-electron chi connectivity index (χ3n) is 6.47.